The first-order valence-corrected chi connectivity index (χ1v) is 6.87. The van der Waals surface area contributed by atoms with Crippen molar-refractivity contribution >= 4 is 17.0 Å². The number of aromatic nitrogens is 3. The molecule has 21 heavy (non-hydrogen) atoms. The third kappa shape index (κ3) is 2.36. The second-order valence-electron chi connectivity index (χ2n) is 5.59. The second-order valence-corrected chi connectivity index (χ2v) is 5.59. The molecule has 1 aromatic carbocycles. The van der Waals surface area contributed by atoms with Gasteiger partial charge in [0.25, 0.3) is 0 Å². The van der Waals surface area contributed by atoms with Crippen molar-refractivity contribution in [2.75, 3.05) is 19.0 Å². The van der Waals surface area contributed by atoms with Crippen LogP contribution >= 0.6 is 0 Å². The van der Waals surface area contributed by atoms with Gasteiger partial charge in [-0.25, -0.2) is 9.97 Å². The minimum atomic E-state index is -0.680. The molecule has 5 heteroatoms. The van der Waals surface area contributed by atoms with Crippen LogP contribution < -0.4 is 10.6 Å². The number of H-pyrrole nitrogens is 1. The Labute approximate surface area is 123 Å². The number of imidazole rings is 1. The van der Waals surface area contributed by atoms with Crippen LogP contribution in [0.1, 0.15) is 18.3 Å². The summed E-state index contributed by atoms with van der Waals surface area (Å²) >= 11 is 0. The van der Waals surface area contributed by atoms with Crippen molar-refractivity contribution in [2.45, 2.75) is 12.5 Å². The van der Waals surface area contributed by atoms with Crippen LogP contribution in [0, 0.1) is 0 Å². The Kier molecular flexibility index (Phi) is 3.14. The number of rotatable bonds is 3. The SMILES string of the molecule is CN(C)c1ccc2[nH]c(C(C)(N)c3ccccc3)nc2n1. The minimum Gasteiger partial charge on any atom is -0.363 e. The number of fused-ring (bicyclic) bond motifs is 1. The van der Waals surface area contributed by atoms with Crippen LogP contribution in [0.3, 0.4) is 0 Å². The quantitative estimate of drug-likeness (QED) is 0.772. The number of nitrogens with two attached hydrogens (primary N) is 1. The number of nitrogens with zero attached hydrogens (tertiary/aromatic N) is 3. The molecule has 0 spiro atoms. The monoisotopic (exact) mass is 281 g/mol. The highest BCUT2D eigenvalue weighted by molar-refractivity contribution is 5.73. The predicted octanol–water partition coefficient (Wildman–Crippen LogP) is 2.25. The lowest BCUT2D eigenvalue weighted by molar-refractivity contribution is 0.567. The average Bonchev–Trinajstić information content (AvgIpc) is 2.91. The van der Waals surface area contributed by atoms with E-state index in [0.29, 0.717) is 11.5 Å². The van der Waals surface area contributed by atoms with E-state index < -0.39 is 5.54 Å². The zero-order valence-corrected chi connectivity index (χ0v) is 12.5. The van der Waals surface area contributed by atoms with Crippen molar-refractivity contribution in [3.8, 4) is 0 Å². The Morgan fingerprint density at radius 2 is 1.76 bits per heavy atom. The van der Waals surface area contributed by atoms with Crippen LogP contribution in [0.5, 0.6) is 0 Å². The molecule has 0 aliphatic heterocycles. The zero-order valence-electron chi connectivity index (χ0n) is 12.5. The summed E-state index contributed by atoms with van der Waals surface area (Å²) in [6.07, 6.45) is 0. The third-order valence-electron chi connectivity index (χ3n) is 3.65. The summed E-state index contributed by atoms with van der Waals surface area (Å²) in [7, 11) is 3.91. The Morgan fingerprint density at radius 1 is 1.05 bits per heavy atom. The summed E-state index contributed by atoms with van der Waals surface area (Å²) in [5.74, 6) is 1.59. The van der Waals surface area contributed by atoms with Gasteiger partial charge < -0.3 is 15.6 Å². The van der Waals surface area contributed by atoms with Crippen LogP contribution in [0.15, 0.2) is 42.5 Å². The van der Waals surface area contributed by atoms with Crippen molar-refractivity contribution < 1.29 is 0 Å². The van der Waals surface area contributed by atoms with Crippen molar-refractivity contribution in [1.29, 1.82) is 0 Å². The summed E-state index contributed by atoms with van der Waals surface area (Å²) in [6.45, 7) is 1.95. The fraction of sp³-hybridized carbons (Fsp3) is 0.250. The molecular formula is C16H19N5. The van der Waals surface area contributed by atoms with E-state index in [2.05, 4.69) is 15.0 Å². The van der Waals surface area contributed by atoms with Crippen molar-refractivity contribution in [1.82, 2.24) is 15.0 Å². The van der Waals surface area contributed by atoms with E-state index in [9.17, 15) is 0 Å². The normalized spacial score (nSPS) is 14.1. The van der Waals surface area contributed by atoms with Crippen LogP contribution in [0.25, 0.3) is 11.2 Å². The molecule has 3 aromatic rings. The smallest absolute Gasteiger partial charge is 0.179 e. The van der Waals surface area contributed by atoms with Gasteiger partial charge >= 0.3 is 0 Å². The largest absolute Gasteiger partial charge is 0.363 e. The fourth-order valence-corrected chi connectivity index (χ4v) is 2.30. The molecule has 0 fully saturated rings. The summed E-state index contributed by atoms with van der Waals surface area (Å²) in [5.41, 5.74) is 8.40. The molecule has 2 aromatic heterocycles. The molecule has 3 N–H and O–H groups in total. The van der Waals surface area contributed by atoms with Crippen molar-refractivity contribution in [3.05, 3.63) is 53.9 Å². The molecule has 2 heterocycles. The lowest BCUT2D eigenvalue weighted by Crippen LogP contribution is -2.35. The average molecular weight is 281 g/mol. The molecule has 1 unspecified atom stereocenters. The maximum atomic E-state index is 6.49. The first-order valence-electron chi connectivity index (χ1n) is 6.87. The highest BCUT2D eigenvalue weighted by Gasteiger charge is 2.27. The molecule has 0 bridgehead atoms. The maximum absolute atomic E-state index is 6.49. The Hall–Kier alpha value is -2.40. The standard InChI is InChI=1S/C16H19N5/c1-16(17,11-7-5-4-6-8-11)15-18-12-9-10-13(21(2)3)19-14(12)20-15/h4-10H,17H2,1-3H3,(H,18,19,20). The van der Waals surface area contributed by atoms with Gasteiger partial charge in [0, 0.05) is 14.1 Å². The highest BCUT2D eigenvalue weighted by Crippen LogP contribution is 2.26. The second kappa shape index (κ2) is 4.86. The number of hydrogen-bond acceptors (Lipinski definition) is 4. The van der Waals surface area contributed by atoms with E-state index in [4.69, 9.17) is 5.73 Å². The first kappa shape index (κ1) is 13.6. The van der Waals surface area contributed by atoms with E-state index in [1.807, 2.05) is 68.4 Å². The molecule has 3 rings (SSSR count). The topological polar surface area (TPSA) is 70.8 Å². The van der Waals surface area contributed by atoms with Gasteiger partial charge in [0.2, 0.25) is 0 Å². The van der Waals surface area contributed by atoms with E-state index in [1.165, 1.54) is 0 Å². The van der Waals surface area contributed by atoms with Crippen LogP contribution in [-0.4, -0.2) is 29.0 Å². The van der Waals surface area contributed by atoms with E-state index in [-0.39, 0.29) is 0 Å². The number of benzene rings is 1. The molecule has 0 saturated carbocycles. The number of nitrogens with one attached hydrogen (secondary N) is 1. The van der Waals surface area contributed by atoms with Crippen LogP contribution in [0.2, 0.25) is 0 Å². The molecule has 0 aliphatic rings. The van der Waals surface area contributed by atoms with Gasteiger partial charge in [0.1, 0.15) is 11.6 Å². The van der Waals surface area contributed by atoms with Gasteiger partial charge in [0.05, 0.1) is 11.1 Å². The third-order valence-corrected chi connectivity index (χ3v) is 3.65. The Morgan fingerprint density at radius 3 is 2.43 bits per heavy atom. The zero-order chi connectivity index (χ0) is 15.0. The number of hydrogen-bond donors (Lipinski definition) is 2. The number of aromatic amines is 1. The summed E-state index contributed by atoms with van der Waals surface area (Å²) in [5, 5.41) is 0. The van der Waals surface area contributed by atoms with Gasteiger partial charge in [-0.2, -0.15) is 0 Å². The summed E-state index contributed by atoms with van der Waals surface area (Å²) in [4.78, 5) is 14.4. The first-order chi connectivity index (χ1) is 9.98. The number of pyridine rings is 1. The van der Waals surface area contributed by atoms with Gasteiger partial charge in [-0.1, -0.05) is 30.3 Å². The Balaban J connectivity index is 2.08. The van der Waals surface area contributed by atoms with E-state index in [0.717, 1.165) is 16.9 Å². The van der Waals surface area contributed by atoms with E-state index >= 15 is 0 Å². The molecule has 0 radical (unpaired) electrons. The minimum absolute atomic E-state index is 0.680. The fourth-order valence-electron chi connectivity index (χ4n) is 2.30. The van der Waals surface area contributed by atoms with Crippen LogP contribution in [0.4, 0.5) is 5.82 Å². The van der Waals surface area contributed by atoms with Gasteiger partial charge in [-0.05, 0) is 24.6 Å². The van der Waals surface area contributed by atoms with Crippen LogP contribution in [-0.2, 0) is 5.54 Å². The lowest BCUT2D eigenvalue weighted by Gasteiger charge is -2.22. The summed E-state index contributed by atoms with van der Waals surface area (Å²) in [6, 6.07) is 13.9. The molecule has 0 saturated heterocycles. The lowest BCUT2D eigenvalue weighted by atomic mass is 9.92. The molecule has 0 amide bonds. The summed E-state index contributed by atoms with van der Waals surface area (Å²) < 4.78 is 0. The predicted molar refractivity (Wildman–Crippen MR) is 85.3 cm³/mol. The van der Waals surface area contributed by atoms with Gasteiger partial charge in [0.15, 0.2) is 5.65 Å². The molecule has 1 atom stereocenters. The number of anilines is 1. The van der Waals surface area contributed by atoms with Gasteiger partial charge in [-0.3, -0.25) is 0 Å². The van der Waals surface area contributed by atoms with Crippen molar-refractivity contribution in [2.24, 2.45) is 5.73 Å². The Bertz CT molecular complexity index is 759. The van der Waals surface area contributed by atoms with Gasteiger partial charge in [-0.15, -0.1) is 0 Å². The van der Waals surface area contributed by atoms with E-state index in [1.54, 1.807) is 0 Å². The molecular weight excluding hydrogens is 262 g/mol. The highest BCUT2D eigenvalue weighted by atomic mass is 15.2. The van der Waals surface area contributed by atoms with Crippen molar-refractivity contribution in [3.63, 3.8) is 0 Å². The molecule has 108 valence electrons. The molecule has 5 nitrogen and oxygen atoms in total. The molecule has 0 aliphatic carbocycles. The maximum Gasteiger partial charge on any atom is 0.179 e.